The maximum absolute atomic E-state index is 13.1. The third kappa shape index (κ3) is 4.61. The van der Waals surface area contributed by atoms with Crippen molar-refractivity contribution in [2.45, 2.75) is 57.3 Å². The highest BCUT2D eigenvalue weighted by molar-refractivity contribution is 6.34. The molecule has 1 spiro atoms. The van der Waals surface area contributed by atoms with E-state index in [9.17, 15) is 9.90 Å². The number of nitrogens with zero attached hydrogens (tertiary/aromatic N) is 3. The molecule has 4 aliphatic rings. The Morgan fingerprint density at radius 1 is 1.16 bits per heavy atom. The van der Waals surface area contributed by atoms with Crippen molar-refractivity contribution in [2.75, 3.05) is 56.2 Å². The van der Waals surface area contributed by atoms with E-state index in [-0.39, 0.29) is 28.4 Å². The van der Waals surface area contributed by atoms with Gasteiger partial charge in [0.15, 0.2) is 0 Å². The lowest BCUT2D eigenvalue weighted by Crippen LogP contribution is -2.60. The van der Waals surface area contributed by atoms with Crippen LogP contribution in [0.15, 0.2) is 24.4 Å². The number of carbonyl (C=O) groups is 1. The molecule has 8 nitrogen and oxygen atoms in total. The number of carbonyl (C=O) groups excluding carboxylic acids is 1. The van der Waals surface area contributed by atoms with E-state index in [1.807, 2.05) is 12.1 Å². The van der Waals surface area contributed by atoms with E-state index >= 15 is 0 Å². The molecule has 4 heterocycles. The average molecular weight is 529 g/mol. The lowest BCUT2D eigenvalue weighted by Gasteiger charge is -2.45. The maximum Gasteiger partial charge on any atom is 0.229 e. The van der Waals surface area contributed by atoms with Gasteiger partial charge in [-0.1, -0.05) is 11.6 Å². The van der Waals surface area contributed by atoms with Crippen LogP contribution < -0.4 is 10.2 Å². The number of amides is 1. The molecule has 6 rings (SSSR count). The second kappa shape index (κ2) is 9.06. The normalized spacial score (nSPS) is 33.7. The van der Waals surface area contributed by atoms with Crippen molar-refractivity contribution in [1.29, 1.82) is 0 Å². The molecule has 0 unspecified atom stereocenters. The monoisotopic (exact) mass is 528 g/mol. The predicted octanol–water partition coefficient (Wildman–Crippen LogP) is 3.69. The van der Waals surface area contributed by atoms with Crippen molar-refractivity contribution < 1.29 is 19.4 Å². The number of aromatic nitrogens is 1. The van der Waals surface area contributed by atoms with Gasteiger partial charge in [0.05, 0.1) is 41.2 Å². The van der Waals surface area contributed by atoms with E-state index in [0.717, 1.165) is 68.5 Å². The summed E-state index contributed by atoms with van der Waals surface area (Å²) in [7, 11) is 0. The van der Waals surface area contributed by atoms with Crippen molar-refractivity contribution >= 4 is 39.8 Å². The molecular formula is C28H37ClN4O4. The SMILES string of the molecule is CC1(C)C[C@@]2(CCO1)C[C@@H]2C(=O)Nc1cc2cc(N3CCN([C@]4(C)COC[C@@H]4O)CC3)c(Cl)cc2cn1. The molecule has 1 aliphatic carbocycles. The van der Waals surface area contributed by atoms with Gasteiger partial charge in [-0.05, 0) is 69.0 Å². The number of pyridine rings is 1. The predicted molar refractivity (Wildman–Crippen MR) is 144 cm³/mol. The lowest BCUT2D eigenvalue weighted by atomic mass is 9.83. The van der Waals surface area contributed by atoms with E-state index in [0.29, 0.717) is 24.1 Å². The van der Waals surface area contributed by atoms with E-state index in [1.165, 1.54) is 0 Å². The topological polar surface area (TPSA) is 87.2 Å². The summed E-state index contributed by atoms with van der Waals surface area (Å²) in [5.74, 6) is 0.657. The summed E-state index contributed by atoms with van der Waals surface area (Å²) in [6.07, 6.45) is 4.10. The van der Waals surface area contributed by atoms with Crippen LogP contribution in [0.1, 0.15) is 40.0 Å². The molecule has 0 bridgehead atoms. The highest BCUT2D eigenvalue weighted by Gasteiger charge is 2.61. The highest BCUT2D eigenvalue weighted by Crippen LogP contribution is 2.62. The van der Waals surface area contributed by atoms with Gasteiger partial charge in [0.2, 0.25) is 5.91 Å². The summed E-state index contributed by atoms with van der Waals surface area (Å²) in [6.45, 7) is 11.3. The van der Waals surface area contributed by atoms with Gasteiger partial charge < -0.3 is 24.8 Å². The lowest BCUT2D eigenvalue weighted by molar-refractivity contribution is -0.120. The van der Waals surface area contributed by atoms with Crippen LogP contribution in [-0.2, 0) is 14.3 Å². The number of aliphatic hydroxyl groups is 1. The molecule has 1 aromatic heterocycles. The fourth-order valence-corrected chi connectivity index (χ4v) is 7.09. The quantitative estimate of drug-likeness (QED) is 0.625. The number of anilines is 2. The van der Waals surface area contributed by atoms with Gasteiger partial charge in [0.25, 0.3) is 0 Å². The Balaban J connectivity index is 1.15. The minimum Gasteiger partial charge on any atom is -0.389 e. The van der Waals surface area contributed by atoms with Gasteiger partial charge >= 0.3 is 0 Å². The molecule has 2 aromatic rings. The molecule has 37 heavy (non-hydrogen) atoms. The molecule has 1 saturated carbocycles. The Hall–Kier alpha value is -1.97. The van der Waals surface area contributed by atoms with Crippen molar-refractivity contribution in [3.8, 4) is 0 Å². The Bertz CT molecular complexity index is 1220. The molecule has 0 radical (unpaired) electrons. The van der Waals surface area contributed by atoms with E-state index in [4.69, 9.17) is 21.1 Å². The fraction of sp³-hybridized carbons (Fsp3) is 0.643. The van der Waals surface area contributed by atoms with E-state index < -0.39 is 6.10 Å². The smallest absolute Gasteiger partial charge is 0.229 e. The molecule has 1 amide bonds. The van der Waals surface area contributed by atoms with E-state index in [1.54, 1.807) is 6.20 Å². The van der Waals surface area contributed by atoms with Crippen LogP contribution in [0.2, 0.25) is 5.02 Å². The number of ether oxygens (including phenoxy) is 2. The van der Waals surface area contributed by atoms with Crippen LogP contribution in [0, 0.1) is 11.3 Å². The van der Waals surface area contributed by atoms with Gasteiger partial charge in [0.1, 0.15) is 5.82 Å². The number of fused-ring (bicyclic) bond motifs is 1. The summed E-state index contributed by atoms with van der Waals surface area (Å²) in [5.41, 5.74) is 0.552. The number of nitrogens with one attached hydrogen (secondary N) is 1. The average Bonchev–Trinajstić information content (AvgIpc) is 3.42. The zero-order valence-corrected chi connectivity index (χ0v) is 22.7. The molecule has 4 atom stereocenters. The van der Waals surface area contributed by atoms with Gasteiger partial charge in [-0.15, -0.1) is 0 Å². The standard InChI is InChI=1S/C28H37ClN4O4/c1-26(2)16-28(4-9-37-26)13-20(28)25(35)31-24-12-18-11-22(21(29)10-19(18)14-30-24)32-5-7-33(8-6-32)27(3)17-36-15-23(27)34/h10-12,14,20,23,34H,4-9,13,15-17H2,1-3H3,(H,30,31,35)/t20-,23+,27-,28-/m1/s1. The number of rotatable bonds is 4. The van der Waals surface area contributed by atoms with Crippen LogP contribution in [0.4, 0.5) is 11.5 Å². The summed E-state index contributed by atoms with van der Waals surface area (Å²) in [4.78, 5) is 22.2. The number of hydrogen-bond acceptors (Lipinski definition) is 7. The van der Waals surface area contributed by atoms with Gasteiger partial charge in [0, 0.05) is 50.3 Å². The van der Waals surface area contributed by atoms with Crippen molar-refractivity contribution in [3.63, 3.8) is 0 Å². The summed E-state index contributed by atoms with van der Waals surface area (Å²) >= 11 is 6.71. The third-order valence-corrected chi connectivity index (χ3v) is 9.45. The van der Waals surface area contributed by atoms with Gasteiger partial charge in [-0.3, -0.25) is 9.69 Å². The number of benzene rings is 1. The number of aliphatic hydroxyl groups excluding tert-OH is 1. The Morgan fingerprint density at radius 3 is 2.65 bits per heavy atom. The first-order valence-electron chi connectivity index (χ1n) is 13.4. The zero-order chi connectivity index (χ0) is 26.0. The molecular weight excluding hydrogens is 492 g/mol. The number of piperazine rings is 1. The molecule has 3 saturated heterocycles. The van der Waals surface area contributed by atoms with Crippen LogP contribution in [0.25, 0.3) is 10.8 Å². The second-order valence-corrected chi connectivity index (χ2v) is 12.6. The minimum absolute atomic E-state index is 0.0240. The molecule has 9 heteroatoms. The van der Waals surface area contributed by atoms with Crippen molar-refractivity contribution in [3.05, 3.63) is 29.4 Å². The van der Waals surface area contributed by atoms with Gasteiger partial charge in [-0.25, -0.2) is 4.98 Å². The third-order valence-electron chi connectivity index (χ3n) is 9.15. The zero-order valence-electron chi connectivity index (χ0n) is 21.9. The van der Waals surface area contributed by atoms with Crippen molar-refractivity contribution in [1.82, 2.24) is 9.88 Å². The second-order valence-electron chi connectivity index (χ2n) is 12.2. The molecule has 3 aliphatic heterocycles. The fourth-order valence-electron chi connectivity index (χ4n) is 6.80. The Labute approximate surface area is 223 Å². The Kier molecular flexibility index (Phi) is 6.20. The molecule has 4 fully saturated rings. The van der Waals surface area contributed by atoms with Crippen LogP contribution in [-0.4, -0.2) is 84.1 Å². The van der Waals surface area contributed by atoms with Gasteiger partial charge in [-0.2, -0.15) is 0 Å². The maximum atomic E-state index is 13.1. The first-order valence-corrected chi connectivity index (χ1v) is 13.8. The summed E-state index contributed by atoms with van der Waals surface area (Å²) in [5, 5.41) is 16.1. The highest BCUT2D eigenvalue weighted by atomic mass is 35.5. The minimum atomic E-state index is -0.465. The number of halogens is 1. The number of hydrogen-bond donors (Lipinski definition) is 2. The van der Waals surface area contributed by atoms with Crippen LogP contribution in [0.3, 0.4) is 0 Å². The van der Waals surface area contributed by atoms with Crippen LogP contribution in [0.5, 0.6) is 0 Å². The molecule has 1 aromatic carbocycles. The first-order chi connectivity index (χ1) is 17.6. The van der Waals surface area contributed by atoms with E-state index in [2.05, 4.69) is 46.9 Å². The van der Waals surface area contributed by atoms with Crippen molar-refractivity contribution in [2.24, 2.45) is 11.3 Å². The largest absolute Gasteiger partial charge is 0.389 e. The first kappa shape index (κ1) is 25.3. The Morgan fingerprint density at radius 2 is 1.95 bits per heavy atom. The molecule has 200 valence electrons. The van der Waals surface area contributed by atoms with Crippen LogP contribution >= 0.6 is 11.6 Å². The summed E-state index contributed by atoms with van der Waals surface area (Å²) < 4.78 is 11.4. The summed E-state index contributed by atoms with van der Waals surface area (Å²) in [6, 6.07) is 5.99. The molecule has 2 N–H and O–H groups in total.